The van der Waals surface area contributed by atoms with E-state index in [9.17, 15) is 13.5 Å². The van der Waals surface area contributed by atoms with E-state index in [0.29, 0.717) is 11.3 Å². The summed E-state index contributed by atoms with van der Waals surface area (Å²) in [5.74, 6) is -0.0147. The number of nitrogens with one attached hydrogen (secondary N) is 2. The fraction of sp³-hybridized carbons (Fsp3) is 0.100. The number of aromatic hydroxyl groups is 1. The fourth-order valence-electron chi connectivity index (χ4n) is 1.39. The van der Waals surface area contributed by atoms with Crippen molar-refractivity contribution in [3.63, 3.8) is 0 Å². The Balaban J connectivity index is 2.15. The second-order valence-electron chi connectivity index (χ2n) is 3.65. The van der Waals surface area contributed by atoms with Crippen molar-refractivity contribution in [1.29, 1.82) is 0 Å². The van der Waals surface area contributed by atoms with Crippen LogP contribution in [-0.2, 0) is 16.6 Å². The highest BCUT2D eigenvalue weighted by molar-refractivity contribution is 7.89. The topological polar surface area (TPSA) is 121 Å². The molecule has 0 bridgehead atoms. The van der Waals surface area contributed by atoms with Crippen LogP contribution in [0.5, 0.6) is 5.75 Å². The van der Waals surface area contributed by atoms with E-state index in [1.807, 2.05) is 0 Å². The second-order valence-corrected chi connectivity index (χ2v) is 5.41. The van der Waals surface area contributed by atoms with Crippen LogP contribution in [0.25, 0.3) is 0 Å². The number of hydrogen-bond acceptors (Lipinski definition) is 5. The maximum Gasteiger partial charge on any atom is 0.243 e. The molecule has 1 aromatic carbocycles. The zero-order chi connectivity index (χ0) is 13.2. The van der Waals surface area contributed by atoms with E-state index in [1.165, 1.54) is 30.6 Å². The minimum absolute atomic E-state index is 0.0147. The number of phenolic OH excluding ortho intramolecular Hbond substituents is 1. The van der Waals surface area contributed by atoms with E-state index in [4.69, 9.17) is 5.73 Å². The summed E-state index contributed by atoms with van der Waals surface area (Å²) in [7, 11) is -3.64. The van der Waals surface area contributed by atoms with E-state index >= 15 is 0 Å². The van der Waals surface area contributed by atoms with Gasteiger partial charge in [-0.25, -0.2) is 13.1 Å². The zero-order valence-electron chi connectivity index (χ0n) is 9.29. The Morgan fingerprint density at radius 3 is 2.89 bits per heavy atom. The van der Waals surface area contributed by atoms with Gasteiger partial charge in [-0.15, -0.1) is 0 Å². The lowest BCUT2D eigenvalue weighted by Gasteiger charge is -2.07. The summed E-state index contributed by atoms with van der Waals surface area (Å²) in [4.78, 5) is 0.0332. The first kappa shape index (κ1) is 12.4. The van der Waals surface area contributed by atoms with Crippen LogP contribution in [0.15, 0.2) is 35.5 Å². The number of nitrogen functional groups attached to an aromatic ring is 1. The van der Waals surface area contributed by atoms with Gasteiger partial charge in [0.2, 0.25) is 10.0 Å². The van der Waals surface area contributed by atoms with E-state index < -0.39 is 10.0 Å². The summed E-state index contributed by atoms with van der Waals surface area (Å²) in [6.07, 6.45) is 2.46. The van der Waals surface area contributed by atoms with Gasteiger partial charge in [-0.2, -0.15) is 5.10 Å². The molecule has 0 unspecified atom stereocenters. The number of aromatic nitrogens is 2. The van der Waals surface area contributed by atoms with Crippen molar-refractivity contribution in [2.24, 2.45) is 0 Å². The van der Waals surface area contributed by atoms with Gasteiger partial charge in [0, 0.05) is 24.0 Å². The number of hydrogen-bond donors (Lipinski definition) is 4. The number of sulfonamides is 1. The Kier molecular flexibility index (Phi) is 3.21. The summed E-state index contributed by atoms with van der Waals surface area (Å²) in [5.41, 5.74) is 6.41. The Morgan fingerprint density at radius 2 is 2.22 bits per heavy atom. The number of rotatable bonds is 4. The van der Waals surface area contributed by atoms with Gasteiger partial charge in [-0.3, -0.25) is 5.10 Å². The highest BCUT2D eigenvalue weighted by Crippen LogP contribution is 2.20. The molecule has 0 amide bonds. The van der Waals surface area contributed by atoms with Crippen LogP contribution in [0.1, 0.15) is 5.56 Å². The Labute approximate surface area is 104 Å². The smallest absolute Gasteiger partial charge is 0.243 e. The lowest BCUT2D eigenvalue weighted by atomic mass is 10.2. The van der Waals surface area contributed by atoms with Crippen molar-refractivity contribution in [3.05, 3.63) is 36.2 Å². The van der Waals surface area contributed by atoms with Crippen molar-refractivity contribution in [2.75, 3.05) is 5.73 Å². The second kappa shape index (κ2) is 4.67. The van der Waals surface area contributed by atoms with Crippen LogP contribution in [0, 0.1) is 0 Å². The monoisotopic (exact) mass is 268 g/mol. The first-order valence-corrected chi connectivity index (χ1v) is 6.53. The van der Waals surface area contributed by atoms with Crippen LogP contribution >= 0.6 is 0 Å². The molecule has 0 radical (unpaired) electrons. The molecule has 2 aromatic rings. The molecule has 0 atom stereocenters. The van der Waals surface area contributed by atoms with Crippen molar-refractivity contribution < 1.29 is 13.5 Å². The van der Waals surface area contributed by atoms with Crippen LogP contribution in [0.3, 0.4) is 0 Å². The first-order valence-electron chi connectivity index (χ1n) is 5.05. The van der Waals surface area contributed by atoms with Crippen molar-refractivity contribution in [3.8, 4) is 5.75 Å². The van der Waals surface area contributed by atoms with Crippen molar-refractivity contribution >= 4 is 15.7 Å². The molecule has 1 heterocycles. The number of H-pyrrole nitrogens is 1. The molecule has 0 fully saturated rings. The molecule has 8 heteroatoms. The minimum Gasteiger partial charge on any atom is -0.508 e. The Bertz CT molecular complexity index is 637. The summed E-state index contributed by atoms with van der Waals surface area (Å²) in [5, 5.41) is 15.5. The molecule has 0 saturated carbocycles. The SMILES string of the molecule is Nc1ccc(O)c(CNS(=O)(=O)c2cn[nH]c2)c1. The molecule has 0 aliphatic heterocycles. The Morgan fingerprint density at radius 1 is 1.44 bits per heavy atom. The van der Waals surface area contributed by atoms with Gasteiger partial charge in [0.05, 0.1) is 6.20 Å². The number of benzene rings is 1. The maximum atomic E-state index is 11.8. The molecular weight excluding hydrogens is 256 g/mol. The van der Waals surface area contributed by atoms with Gasteiger partial charge >= 0.3 is 0 Å². The third-order valence-corrected chi connectivity index (χ3v) is 3.71. The van der Waals surface area contributed by atoms with Crippen LogP contribution in [0.4, 0.5) is 5.69 Å². The van der Waals surface area contributed by atoms with Crippen LogP contribution in [-0.4, -0.2) is 23.7 Å². The molecule has 5 N–H and O–H groups in total. The maximum absolute atomic E-state index is 11.8. The third kappa shape index (κ3) is 2.60. The van der Waals surface area contributed by atoms with Crippen LogP contribution < -0.4 is 10.5 Å². The molecule has 0 spiro atoms. The molecule has 18 heavy (non-hydrogen) atoms. The van der Waals surface area contributed by atoms with E-state index in [2.05, 4.69) is 14.9 Å². The molecular formula is C10H12N4O3S. The number of phenols is 1. The van der Waals surface area contributed by atoms with Gasteiger partial charge in [0.15, 0.2) is 0 Å². The molecule has 1 aromatic heterocycles. The van der Waals surface area contributed by atoms with Gasteiger partial charge in [-0.1, -0.05) is 0 Å². The quantitative estimate of drug-likeness (QED) is 0.465. The van der Waals surface area contributed by atoms with E-state index in [0.717, 1.165) is 0 Å². The van der Waals surface area contributed by atoms with Gasteiger partial charge < -0.3 is 10.8 Å². The predicted molar refractivity (Wildman–Crippen MR) is 65.1 cm³/mol. The van der Waals surface area contributed by atoms with Gasteiger partial charge in [-0.05, 0) is 18.2 Å². The predicted octanol–water partition coefficient (Wildman–Crippen LogP) is 0.176. The van der Waals surface area contributed by atoms with Crippen LogP contribution in [0.2, 0.25) is 0 Å². The minimum atomic E-state index is -3.64. The number of aromatic amines is 1. The highest BCUT2D eigenvalue weighted by atomic mass is 32.2. The molecule has 0 aliphatic rings. The Hall–Kier alpha value is -2.06. The highest BCUT2D eigenvalue weighted by Gasteiger charge is 2.15. The summed E-state index contributed by atoms with van der Waals surface area (Å²) >= 11 is 0. The summed E-state index contributed by atoms with van der Waals surface area (Å²) in [6.45, 7) is -0.0512. The van der Waals surface area contributed by atoms with Crippen molar-refractivity contribution in [1.82, 2.24) is 14.9 Å². The normalized spacial score (nSPS) is 11.6. The van der Waals surface area contributed by atoms with Gasteiger partial charge in [0.25, 0.3) is 0 Å². The number of nitrogens with two attached hydrogens (primary N) is 1. The molecule has 96 valence electrons. The standard InChI is InChI=1S/C10H12N4O3S/c11-8-1-2-10(15)7(3-8)4-14-18(16,17)9-5-12-13-6-9/h1-3,5-6,14-15H,4,11H2,(H,12,13). The van der Waals surface area contributed by atoms with E-state index in [-0.39, 0.29) is 17.2 Å². The molecule has 0 saturated heterocycles. The first-order chi connectivity index (χ1) is 8.49. The van der Waals surface area contributed by atoms with Gasteiger partial charge in [0.1, 0.15) is 10.6 Å². The fourth-order valence-corrected chi connectivity index (χ4v) is 2.30. The lowest BCUT2D eigenvalue weighted by Crippen LogP contribution is -2.22. The zero-order valence-corrected chi connectivity index (χ0v) is 10.1. The number of anilines is 1. The number of nitrogens with zero attached hydrogens (tertiary/aromatic N) is 1. The largest absolute Gasteiger partial charge is 0.508 e. The molecule has 7 nitrogen and oxygen atoms in total. The van der Waals surface area contributed by atoms with E-state index in [1.54, 1.807) is 0 Å². The third-order valence-electron chi connectivity index (χ3n) is 2.34. The summed E-state index contributed by atoms with van der Waals surface area (Å²) in [6, 6.07) is 4.45. The molecule has 0 aliphatic carbocycles. The average Bonchev–Trinajstić information content (AvgIpc) is 2.85. The van der Waals surface area contributed by atoms with Crippen molar-refractivity contribution in [2.45, 2.75) is 11.4 Å². The molecule has 2 rings (SSSR count). The average molecular weight is 268 g/mol. The summed E-state index contributed by atoms with van der Waals surface area (Å²) < 4.78 is 25.9. The lowest BCUT2D eigenvalue weighted by molar-refractivity contribution is 0.467.